The molecule has 1 aliphatic carbocycles. The molecule has 0 saturated heterocycles. The summed E-state index contributed by atoms with van der Waals surface area (Å²) in [7, 11) is 0. The zero-order valence-corrected chi connectivity index (χ0v) is 17.9. The lowest BCUT2D eigenvalue weighted by molar-refractivity contribution is -0.136. The molecule has 176 valence electrons. The molecule has 10 heteroatoms. The van der Waals surface area contributed by atoms with E-state index in [0.29, 0.717) is 11.6 Å². The van der Waals surface area contributed by atoms with Gasteiger partial charge in [0.25, 0.3) is 11.8 Å². The van der Waals surface area contributed by atoms with Gasteiger partial charge in [0.2, 0.25) is 5.91 Å². The predicted molar refractivity (Wildman–Crippen MR) is 118 cm³/mol. The smallest absolute Gasteiger partial charge is 0.418 e. The van der Waals surface area contributed by atoms with E-state index in [9.17, 15) is 27.6 Å². The number of halogens is 3. The molecular formula is C24H20F3N3O4. The Labute approximate surface area is 192 Å². The number of rotatable bonds is 6. The number of nitrogens with one attached hydrogen (secondary N) is 3. The first kappa shape index (κ1) is 23.1. The Hall–Kier alpha value is -4.08. The fourth-order valence-electron chi connectivity index (χ4n) is 3.42. The molecule has 0 aliphatic heterocycles. The number of anilines is 3. The van der Waals surface area contributed by atoms with Crippen molar-refractivity contribution in [3.05, 3.63) is 77.7 Å². The van der Waals surface area contributed by atoms with Gasteiger partial charge in [0.15, 0.2) is 5.76 Å². The Morgan fingerprint density at radius 2 is 1.65 bits per heavy atom. The van der Waals surface area contributed by atoms with Gasteiger partial charge in [-0.05, 0) is 60.9 Å². The lowest BCUT2D eigenvalue weighted by Gasteiger charge is -2.16. The van der Waals surface area contributed by atoms with E-state index in [0.717, 1.165) is 18.6 Å². The van der Waals surface area contributed by atoms with Crippen LogP contribution in [0.1, 0.15) is 39.8 Å². The standard InChI is InChI=1S/C24H20F3N3O4/c1-13-10-17(13)22(32)28-15-5-2-4-14(11-15)21(31)30-19-8-7-16(12-18(19)24(25,26)27)29-23(33)20-6-3-9-34-20/h2-9,11-13,17H,10H2,1H3,(H,28,32)(H,29,33)(H,30,31). The highest BCUT2D eigenvalue weighted by Crippen LogP contribution is 2.39. The summed E-state index contributed by atoms with van der Waals surface area (Å²) in [5.74, 6) is -1.48. The van der Waals surface area contributed by atoms with Gasteiger partial charge in [0, 0.05) is 22.9 Å². The maximum absolute atomic E-state index is 13.7. The first-order chi connectivity index (χ1) is 16.1. The highest BCUT2D eigenvalue weighted by atomic mass is 19.4. The van der Waals surface area contributed by atoms with Crippen LogP contribution in [0.3, 0.4) is 0 Å². The normalized spacial score (nSPS) is 17.1. The van der Waals surface area contributed by atoms with Gasteiger partial charge in [0.1, 0.15) is 0 Å². The molecule has 3 aromatic rings. The van der Waals surface area contributed by atoms with Crippen LogP contribution in [0.25, 0.3) is 0 Å². The summed E-state index contributed by atoms with van der Waals surface area (Å²) in [6.07, 6.45) is -2.74. The summed E-state index contributed by atoms with van der Waals surface area (Å²) in [6, 6.07) is 11.8. The molecule has 4 rings (SSSR count). The molecule has 0 spiro atoms. The Morgan fingerprint density at radius 3 is 2.29 bits per heavy atom. The van der Waals surface area contributed by atoms with E-state index >= 15 is 0 Å². The third kappa shape index (κ3) is 5.28. The SMILES string of the molecule is CC1CC1C(=O)Nc1cccc(C(=O)Nc2ccc(NC(=O)c3ccco3)cc2C(F)(F)F)c1. The number of carbonyl (C=O) groups excluding carboxylic acids is 3. The summed E-state index contributed by atoms with van der Waals surface area (Å²) in [5.41, 5.74) is -1.28. The summed E-state index contributed by atoms with van der Waals surface area (Å²) in [5, 5.41) is 7.31. The van der Waals surface area contributed by atoms with Crippen LogP contribution in [0, 0.1) is 11.8 Å². The largest absolute Gasteiger partial charge is 0.459 e. The molecule has 0 bridgehead atoms. The molecule has 34 heavy (non-hydrogen) atoms. The van der Waals surface area contributed by atoms with Crippen LogP contribution < -0.4 is 16.0 Å². The fourth-order valence-corrected chi connectivity index (χ4v) is 3.42. The molecular weight excluding hydrogens is 451 g/mol. The lowest BCUT2D eigenvalue weighted by Crippen LogP contribution is -2.18. The molecule has 1 fully saturated rings. The van der Waals surface area contributed by atoms with Crippen LogP contribution in [-0.4, -0.2) is 17.7 Å². The molecule has 1 aliphatic rings. The van der Waals surface area contributed by atoms with Crippen LogP contribution >= 0.6 is 0 Å². The molecule has 2 aromatic carbocycles. The third-order valence-electron chi connectivity index (χ3n) is 5.41. The molecule has 3 N–H and O–H groups in total. The average Bonchev–Trinajstić information content (AvgIpc) is 3.27. The fraction of sp³-hybridized carbons (Fsp3) is 0.208. The van der Waals surface area contributed by atoms with E-state index in [1.165, 1.54) is 42.7 Å². The van der Waals surface area contributed by atoms with Gasteiger partial charge in [0.05, 0.1) is 17.5 Å². The number of furan rings is 1. The minimum atomic E-state index is -4.80. The number of benzene rings is 2. The van der Waals surface area contributed by atoms with Gasteiger partial charge < -0.3 is 20.4 Å². The van der Waals surface area contributed by atoms with Crippen molar-refractivity contribution in [2.45, 2.75) is 19.5 Å². The first-order valence-corrected chi connectivity index (χ1v) is 10.4. The second-order valence-electron chi connectivity index (χ2n) is 8.03. The summed E-state index contributed by atoms with van der Waals surface area (Å²) in [4.78, 5) is 36.9. The van der Waals surface area contributed by atoms with Crippen molar-refractivity contribution in [1.29, 1.82) is 0 Å². The van der Waals surface area contributed by atoms with Crippen LogP contribution in [0.4, 0.5) is 30.2 Å². The second-order valence-corrected chi connectivity index (χ2v) is 8.03. The van der Waals surface area contributed by atoms with Crippen LogP contribution in [0.15, 0.2) is 65.3 Å². The van der Waals surface area contributed by atoms with Gasteiger partial charge in [-0.15, -0.1) is 0 Å². The average molecular weight is 471 g/mol. The quantitative estimate of drug-likeness (QED) is 0.448. The van der Waals surface area contributed by atoms with Crippen molar-refractivity contribution in [3.63, 3.8) is 0 Å². The number of hydrogen-bond acceptors (Lipinski definition) is 4. The van der Waals surface area contributed by atoms with E-state index in [2.05, 4.69) is 16.0 Å². The van der Waals surface area contributed by atoms with Gasteiger partial charge in [-0.3, -0.25) is 14.4 Å². The minimum Gasteiger partial charge on any atom is -0.459 e. The Bertz CT molecular complexity index is 1240. The molecule has 1 heterocycles. The third-order valence-corrected chi connectivity index (χ3v) is 5.41. The number of alkyl halides is 3. The number of carbonyl (C=O) groups is 3. The van der Waals surface area contributed by atoms with Gasteiger partial charge in [-0.2, -0.15) is 13.2 Å². The van der Waals surface area contributed by atoms with Crippen molar-refractivity contribution in [3.8, 4) is 0 Å². The molecule has 2 atom stereocenters. The highest BCUT2D eigenvalue weighted by Gasteiger charge is 2.39. The van der Waals surface area contributed by atoms with Gasteiger partial charge in [-0.1, -0.05) is 13.0 Å². The summed E-state index contributed by atoms with van der Waals surface area (Å²) < 4.78 is 46.0. The maximum atomic E-state index is 13.7. The van der Waals surface area contributed by atoms with E-state index < -0.39 is 29.2 Å². The summed E-state index contributed by atoms with van der Waals surface area (Å²) in [6.45, 7) is 1.96. The molecule has 1 aromatic heterocycles. The molecule has 0 radical (unpaired) electrons. The molecule has 1 saturated carbocycles. The molecule has 3 amide bonds. The first-order valence-electron chi connectivity index (χ1n) is 10.4. The summed E-state index contributed by atoms with van der Waals surface area (Å²) >= 11 is 0. The van der Waals surface area contributed by atoms with E-state index in [1.807, 2.05) is 6.92 Å². The zero-order valence-electron chi connectivity index (χ0n) is 17.9. The minimum absolute atomic E-state index is 0.0611. The van der Waals surface area contributed by atoms with Gasteiger partial charge >= 0.3 is 6.18 Å². The van der Waals surface area contributed by atoms with E-state index in [1.54, 1.807) is 6.07 Å². The monoisotopic (exact) mass is 471 g/mol. The van der Waals surface area contributed by atoms with Crippen LogP contribution in [-0.2, 0) is 11.0 Å². The second kappa shape index (κ2) is 9.05. The Balaban J connectivity index is 1.51. The van der Waals surface area contributed by atoms with Crippen molar-refractivity contribution in [1.82, 2.24) is 0 Å². The Morgan fingerprint density at radius 1 is 0.912 bits per heavy atom. The van der Waals surface area contributed by atoms with Gasteiger partial charge in [-0.25, -0.2) is 0 Å². The topological polar surface area (TPSA) is 100 Å². The van der Waals surface area contributed by atoms with E-state index in [-0.39, 0.29) is 28.8 Å². The number of amides is 3. The van der Waals surface area contributed by atoms with Crippen molar-refractivity contribution < 1.29 is 32.0 Å². The van der Waals surface area contributed by atoms with Crippen molar-refractivity contribution in [2.75, 3.05) is 16.0 Å². The Kier molecular flexibility index (Phi) is 6.14. The van der Waals surface area contributed by atoms with Crippen molar-refractivity contribution >= 4 is 34.8 Å². The molecule has 7 nitrogen and oxygen atoms in total. The molecule has 2 unspecified atom stereocenters. The van der Waals surface area contributed by atoms with Crippen molar-refractivity contribution in [2.24, 2.45) is 11.8 Å². The zero-order chi connectivity index (χ0) is 24.5. The lowest BCUT2D eigenvalue weighted by atomic mass is 10.1. The van der Waals surface area contributed by atoms with E-state index in [4.69, 9.17) is 4.42 Å². The highest BCUT2D eigenvalue weighted by molar-refractivity contribution is 6.06. The number of hydrogen-bond donors (Lipinski definition) is 3. The van der Waals surface area contributed by atoms with Crippen LogP contribution in [0.2, 0.25) is 0 Å². The maximum Gasteiger partial charge on any atom is 0.418 e. The predicted octanol–water partition coefficient (Wildman–Crippen LogP) is 5.40. The van der Waals surface area contributed by atoms with Crippen LogP contribution in [0.5, 0.6) is 0 Å².